The molecule has 1 unspecified atom stereocenters. The first kappa shape index (κ1) is 26.9. The number of anilines is 1. The van der Waals surface area contributed by atoms with E-state index in [9.17, 15) is 24.1 Å². The van der Waals surface area contributed by atoms with E-state index in [-0.39, 0.29) is 24.5 Å². The van der Waals surface area contributed by atoms with Gasteiger partial charge in [-0.1, -0.05) is 37.7 Å². The highest BCUT2D eigenvalue weighted by Gasteiger charge is 2.32. The Morgan fingerprint density at radius 3 is 2.71 bits per heavy atom. The zero-order valence-corrected chi connectivity index (χ0v) is 19.7. The number of aliphatic hydroxyl groups excluding tert-OH is 2. The van der Waals surface area contributed by atoms with Crippen LogP contribution in [0.3, 0.4) is 0 Å². The molecular weight excluding hydrogens is 456 g/mol. The van der Waals surface area contributed by atoms with Crippen molar-refractivity contribution in [2.75, 3.05) is 37.9 Å². The summed E-state index contributed by atoms with van der Waals surface area (Å²) < 4.78 is 34.4. The second-order valence-corrected chi connectivity index (χ2v) is 8.58. The van der Waals surface area contributed by atoms with Crippen molar-refractivity contribution in [1.29, 1.82) is 0 Å². The highest BCUT2D eigenvalue weighted by Crippen LogP contribution is 2.32. The van der Waals surface area contributed by atoms with Gasteiger partial charge in [0.05, 0.1) is 12.7 Å². The van der Waals surface area contributed by atoms with Crippen molar-refractivity contribution in [3.05, 3.63) is 76.9 Å². The van der Waals surface area contributed by atoms with E-state index in [2.05, 4.69) is 10.6 Å². The summed E-state index contributed by atoms with van der Waals surface area (Å²) in [6.07, 6.45) is 6.06. The van der Waals surface area contributed by atoms with Crippen LogP contribution >= 0.6 is 0 Å². The molecule has 3 rings (SSSR count). The number of nitrogens with one attached hydrogen (secondary N) is 1. The lowest BCUT2D eigenvalue weighted by atomic mass is 10.1. The van der Waals surface area contributed by atoms with Gasteiger partial charge in [-0.3, -0.25) is 0 Å². The highest BCUT2D eigenvalue weighted by molar-refractivity contribution is 5.54. The average molecular weight is 491 g/mol. The Balaban J connectivity index is 1.25. The van der Waals surface area contributed by atoms with Gasteiger partial charge in [-0.05, 0) is 55.4 Å². The molecule has 0 spiro atoms. The topological polar surface area (TPSA) is 99.3 Å². The van der Waals surface area contributed by atoms with E-state index in [0.29, 0.717) is 36.4 Å². The standard InChI is InChI=1S/C26H34F2N3O4/c27-26(28,22-6-5-7-23(15-22)31-12-11-30-19-31)18-35-13-4-2-1-3-10-29-16-25(34)20-8-9-24(33)21(14-20)17-32/h5-9,11-12,14-15,25,29,32-34H,1-4,10,13,16-19H2/q-1. The maximum absolute atomic E-state index is 14.5. The van der Waals surface area contributed by atoms with Crippen LogP contribution in [0.2, 0.25) is 0 Å². The number of rotatable bonds is 15. The van der Waals surface area contributed by atoms with Crippen molar-refractivity contribution >= 4 is 5.69 Å². The molecule has 2 aromatic carbocycles. The van der Waals surface area contributed by atoms with Crippen LogP contribution in [-0.2, 0) is 17.3 Å². The van der Waals surface area contributed by atoms with Gasteiger partial charge in [0.2, 0.25) is 0 Å². The Morgan fingerprint density at radius 1 is 1.11 bits per heavy atom. The SMILES string of the molecule is OCc1cc(C(O)CNCCCCCCOCC(F)(F)c2cccc(N3C=C[N-]C3)c2)ccc1O. The largest absolute Gasteiger partial charge is 0.673 e. The molecule has 1 atom stereocenters. The molecule has 2 aromatic rings. The second kappa shape index (κ2) is 13.4. The van der Waals surface area contributed by atoms with E-state index in [1.54, 1.807) is 41.6 Å². The van der Waals surface area contributed by atoms with Crippen LogP contribution in [0.4, 0.5) is 14.5 Å². The predicted molar refractivity (Wildman–Crippen MR) is 131 cm³/mol. The molecule has 192 valence electrons. The van der Waals surface area contributed by atoms with Gasteiger partial charge in [0.1, 0.15) is 12.4 Å². The van der Waals surface area contributed by atoms with Gasteiger partial charge in [0, 0.05) is 30.0 Å². The van der Waals surface area contributed by atoms with Gasteiger partial charge in [0.15, 0.2) is 0 Å². The summed E-state index contributed by atoms with van der Waals surface area (Å²) in [4.78, 5) is 1.80. The Bertz CT molecular complexity index is 958. The Hall–Kier alpha value is -2.72. The van der Waals surface area contributed by atoms with Gasteiger partial charge in [0.25, 0.3) is 5.92 Å². The molecule has 1 heterocycles. The maximum Gasteiger partial charge on any atom is 0.296 e. The molecule has 0 aliphatic carbocycles. The van der Waals surface area contributed by atoms with Gasteiger partial charge in [-0.2, -0.15) is 15.0 Å². The predicted octanol–water partition coefficient (Wildman–Crippen LogP) is 4.50. The van der Waals surface area contributed by atoms with Gasteiger partial charge in [-0.25, -0.2) is 0 Å². The molecule has 0 aromatic heterocycles. The number of phenols is 1. The van der Waals surface area contributed by atoms with E-state index >= 15 is 0 Å². The fourth-order valence-corrected chi connectivity index (χ4v) is 3.78. The highest BCUT2D eigenvalue weighted by atomic mass is 19.3. The summed E-state index contributed by atoms with van der Waals surface area (Å²) in [6.45, 7) is 0.858. The summed E-state index contributed by atoms with van der Waals surface area (Å²) in [5.41, 5.74) is 1.62. The lowest BCUT2D eigenvalue weighted by Crippen LogP contribution is -2.23. The number of unbranched alkanes of at least 4 members (excludes halogenated alkanes) is 3. The number of hydrogen-bond donors (Lipinski definition) is 4. The van der Waals surface area contributed by atoms with Crippen LogP contribution in [0, 0.1) is 0 Å². The Morgan fingerprint density at radius 2 is 1.94 bits per heavy atom. The maximum atomic E-state index is 14.5. The fraction of sp³-hybridized carbons (Fsp3) is 0.462. The number of nitrogens with zero attached hydrogens (tertiary/aromatic N) is 2. The van der Waals surface area contributed by atoms with E-state index in [0.717, 1.165) is 25.8 Å². The molecule has 0 saturated carbocycles. The zero-order valence-electron chi connectivity index (χ0n) is 19.7. The lowest BCUT2D eigenvalue weighted by Gasteiger charge is -2.23. The smallest absolute Gasteiger partial charge is 0.296 e. The minimum atomic E-state index is -3.06. The number of hydrogen-bond acceptors (Lipinski definition) is 6. The molecule has 0 saturated heterocycles. The number of benzene rings is 2. The Kier molecular flexibility index (Phi) is 10.3. The van der Waals surface area contributed by atoms with Crippen LogP contribution in [0.25, 0.3) is 5.32 Å². The van der Waals surface area contributed by atoms with Crippen LogP contribution < -0.4 is 10.2 Å². The van der Waals surface area contributed by atoms with Crippen LogP contribution in [0.15, 0.2) is 54.9 Å². The van der Waals surface area contributed by atoms with E-state index in [4.69, 9.17) is 4.74 Å². The number of aromatic hydroxyl groups is 1. The minimum Gasteiger partial charge on any atom is -0.673 e. The third kappa shape index (κ3) is 8.17. The first-order chi connectivity index (χ1) is 16.9. The average Bonchev–Trinajstić information content (AvgIpc) is 3.40. The van der Waals surface area contributed by atoms with Gasteiger partial charge in [-0.15, -0.1) is 0 Å². The van der Waals surface area contributed by atoms with Crippen LogP contribution in [0.1, 0.15) is 48.5 Å². The van der Waals surface area contributed by atoms with Crippen molar-refractivity contribution in [3.63, 3.8) is 0 Å². The summed E-state index contributed by atoms with van der Waals surface area (Å²) in [7, 11) is 0. The van der Waals surface area contributed by atoms with Crippen molar-refractivity contribution in [2.45, 2.75) is 44.3 Å². The number of ether oxygens (including phenoxy) is 1. The second-order valence-electron chi connectivity index (χ2n) is 8.58. The molecule has 4 N–H and O–H groups in total. The Labute approximate surface area is 205 Å². The van der Waals surface area contributed by atoms with Gasteiger partial charge >= 0.3 is 0 Å². The molecule has 0 bridgehead atoms. The molecule has 9 heteroatoms. The molecular formula is C26H34F2N3O4-. The summed E-state index contributed by atoms with van der Waals surface area (Å²) in [6, 6.07) is 11.0. The number of alkyl halides is 2. The number of halogens is 2. The van der Waals surface area contributed by atoms with E-state index in [1.165, 1.54) is 18.2 Å². The van der Waals surface area contributed by atoms with Crippen LogP contribution in [-0.4, -0.2) is 48.3 Å². The third-order valence-corrected chi connectivity index (χ3v) is 5.86. The first-order valence-electron chi connectivity index (χ1n) is 11.9. The third-order valence-electron chi connectivity index (χ3n) is 5.86. The molecule has 7 nitrogen and oxygen atoms in total. The van der Waals surface area contributed by atoms with Gasteiger partial charge < -0.3 is 35.6 Å². The van der Waals surface area contributed by atoms with E-state index in [1.807, 2.05) is 0 Å². The fourth-order valence-electron chi connectivity index (χ4n) is 3.78. The monoisotopic (exact) mass is 490 g/mol. The molecule has 0 radical (unpaired) electrons. The molecule has 1 aliphatic heterocycles. The zero-order chi connectivity index (χ0) is 25.1. The lowest BCUT2D eigenvalue weighted by molar-refractivity contribution is -0.0831. The molecule has 1 aliphatic rings. The quantitative estimate of drug-likeness (QED) is 0.275. The summed E-state index contributed by atoms with van der Waals surface area (Å²) in [5, 5.41) is 36.3. The van der Waals surface area contributed by atoms with Crippen molar-refractivity contribution in [1.82, 2.24) is 5.32 Å². The first-order valence-corrected chi connectivity index (χ1v) is 11.9. The van der Waals surface area contributed by atoms with E-state index < -0.39 is 18.6 Å². The normalized spacial score (nSPS) is 14.3. The minimum absolute atomic E-state index is 0.00476. The molecule has 0 amide bonds. The van der Waals surface area contributed by atoms with Crippen LogP contribution in [0.5, 0.6) is 5.75 Å². The van der Waals surface area contributed by atoms with Crippen molar-refractivity contribution in [3.8, 4) is 5.75 Å². The summed E-state index contributed by atoms with van der Waals surface area (Å²) in [5.74, 6) is -3.05. The van der Waals surface area contributed by atoms with Crippen molar-refractivity contribution < 1.29 is 28.8 Å². The molecule has 0 fully saturated rings. The molecule has 35 heavy (non-hydrogen) atoms. The summed E-state index contributed by atoms with van der Waals surface area (Å²) >= 11 is 0. The van der Waals surface area contributed by atoms with Crippen molar-refractivity contribution in [2.24, 2.45) is 0 Å². The number of aliphatic hydroxyl groups is 2.